The Labute approximate surface area is 206 Å². The molecule has 0 atom stereocenters. The fraction of sp³-hybridized carbons (Fsp3) is 0.0625. The summed E-state index contributed by atoms with van der Waals surface area (Å²) in [7, 11) is 0. The molecule has 0 unspecified atom stereocenters. The minimum atomic E-state index is 1.29. The van der Waals surface area contributed by atoms with E-state index in [1.165, 1.54) is 73.7 Å². The molecule has 7 aromatic rings. The molecule has 0 fully saturated rings. The van der Waals surface area contributed by atoms with Crippen LogP contribution >= 0.6 is 22.7 Å². The lowest BCUT2D eigenvalue weighted by Gasteiger charge is -2.18. The molecule has 2 aromatic heterocycles. The van der Waals surface area contributed by atoms with E-state index in [4.69, 9.17) is 0 Å². The Morgan fingerprint density at radius 2 is 0.735 bits per heavy atom. The lowest BCUT2D eigenvalue weighted by atomic mass is 9.87. The van der Waals surface area contributed by atoms with Gasteiger partial charge in [0.1, 0.15) is 0 Å². The predicted molar refractivity (Wildman–Crippen MR) is 153 cm³/mol. The van der Waals surface area contributed by atoms with Crippen molar-refractivity contribution in [1.82, 2.24) is 0 Å². The van der Waals surface area contributed by atoms with Crippen LogP contribution in [0.1, 0.15) is 9.75 Å². The number of hydrogen-bond acceptors (Lipinski definition) is 2. The van der Waals surface area contributed by atoms with Gasteiger partial charge < -0.3 is 0 Å². The van der Waals surface area contributed by atoms with Crippen molar-refractivity contribution in [2.24, 2.45) is 0 Å². The van der Waals surface area contributed by atoms with Crippen LogP contribution in [0.2, 0.25) is 0 Å². The Morgan fingerprint density at radius 1 is 0.412 bits per heavy atom. The van der Waals surface area contributed by atoms with Gasteiger partial charge in [0, 0.05) is 30.6 Å². The zero-order valence-corrected chi connectivity index (χ0v) is 20.7. The van der Waals surface area contributed by atoms with Crippen molar-refractivity contribution < 1.29 is 0 Å². The maximum atomic E-state index is 2.41. The third kappa shape index (κ3) is 3.03. The first-order valence-corrected chi connectivity index (χ1v) is 13.2. The number of rotatable bonds is 2. The second kappa shape index (κ2) is 7.53. The molecular formula is C32H22S2. The molecule has 2 heteroatoms. The van der Waals surface area contributed by atoms with Crippen LogP contribution in [0.3, 0.4) is 0 Å². The number of aryl methyl sites for hydroxylation is 2. The van der Waals surface area contributed by atoms with Crippen LogP contribution in [0.15, 0.2) is 97.1 Å². The molecule has 0 aliphatic heterocycles. The van der Waals surface area contributed by atoms with Crippen LogP contribution in [-0.2, 0) is 0 Å². The predicted octanol–water partition coefficient (Wildman–Crippen LogP) is 10.4. The number of fused-ring (bicyclic) bond motifs is 4. The van der Waals surface area contributed by atoms with Crippen LogP contribution in [-0.4, -0.2) is 0 Å². The van der Waals surface area contributed by atoms with Crippen molar-refractivity contribution in [1.29, 1.82) is 0 Å². The van der Waals surface area contributed by atoms with Gasteiger partial charge in [0.25, 0.3) is 0 Å². The van der Waals surface area contributed by atoms with Crippen molar-refractivity contribution in [2.45, 2.75) is 13.8 Å². The highest BCUT2D eigenvalue weighted by Gasteiger charge is 2.20. The molecule has 0 N–H and O–H groups in total. The molecule has 0 saturated carbocycles. The molecule has 0 aliphatic rings. The highest BCUT2D eigenvalue weighted by atomic mass is 32.1. The van der Waals surface area contributed by atoms with E-state index in [2.05, 4.69) is 111 Å². The highest BCUT2D eigenvalue weighted by molar-refractivity contribution is 7.16. The molecule has 0 aliphatic carbocycles. The molecule has 0 saturated heterocycles. The third-order valence-electron chi connectivity index (χ3n) is 6.82. The van der Waals surface area contributed by atoms with Gasteiger partial charge in [0.2, 0.25) is 0 Å². The Kier molecular flexibility index (Phi) is 4.42. The van der Waals surface area contributed by atoms with Crippen molar-refractivity contribution in [3.8, 4) is 20.9 Å². The zero-order valence-electron chi connectivity index (χ0n) is 19.1. The molecule has 0 amide bonds. The van der Waals surface area contributed by atoms with Gasteiger partial charge in [0.15, 0.2) is 0 Å². The summed E-state index contributed by atoms with van der Waals surface area (Å²) in [6.45, 7) is 4.40. The molecule has 0 bridgehead atoms. The quantitative estimate of drug-likeness (QED) is 0.220. The molecule has 34 heavy (non-hydrogen) atoms. The summed E-state index contributed by atoms with van der Waals surface area (Å²) in [5.41, 5.74) is 2.72. The van der Waals surface area contributed by atoms with E-state index in [0.717, 1.165) is 0 Å². The topological polar surface area (TPSA) is 0 Å². The Balaban J connectivity index is 1.78. The molecule has 5 aromatic carbocycles. The first-order valence-electron chi connectivity index (χ1n) is 11.6. The summed E-state index contributed by atoms with van der Waals surface area (Å²) in [4.78, 5) is 5.37. The van der Waals surface area contributed by atoms with E-state index in [1.54, 1.807) is 0 Å². The van der Waals surface area contributed by atoms with Crippen LogP contribution in [0.25, 0.3) is 64.0 Å². The lowest BCUT2D eigenvalue weighted by Crippen LogP contribution is -1.90. The van der Waals surface area contributed by atoms with E-state index in [9.17, 15) is 0 Å². The summed E-state index contributed by atoms with van der Waals surface area (Å²) in [6.07, 6.45) is 0. The SMILES string of the molecule is Cc1ccc(-c2c3cc4ccccc4cc3c(-c3ccc(C)s3)c3cc4ccccc4cc23)s1. The molecule has 0 nitrogen and oxygen atoms in total. The van der Waals surface area contributed by atoms with Crippen molar-refractivity contribution >= 4 is 65.8 Å². The van der Waals surface area contributed by atoms with Crippen molar-refractivity contribution in [2.75, 3.05) is 0 Å². The minimum Gasteiger partial charge on any atom is -0.141 e. The van der Waals surface area contributed by atoms with Gasteiger partial charge in [-0.2, -0.15) is 0 Å². The molecular weight excluding hydrogens is 448 g/mol. The zero-order chi connectivity index (χ0) is 22.8. The maximum absolute atomic E-state index is 2.41. The Hall–Kier alpha value is -3.46. The average Bonchev–Trinajstić information content (AvgIpc) is 3.48. The summed E-state index contributed by atoms with van der Waals surface area (Å²) in [5.74, 6) is 0. The average molecular weight is 471 g/mol. The van der Waals surface area contributed by atoms with Crippen LogP contribution in [0, 0.1) is 13.8 Å². The van der Waals surface area contributed by atoms with E-state index in [-0.39, 0.29) is 0 Å². The lowest BCUT2D eigenvalue weighted by molar-refractivity contribution is 1.64. The van der Waals surface area contributed by atoms with E-state index < -0.39 is 0 Å². The third-order valence-corrected chi connectivity index (χ3v) is 8.86. The van der Waals surface area contributed by atoms with Crippen LogP contribution in [0.4, 0.5) is 0 Å². The maximum Gasteiger partial charge on any atom is 0.0358 e. The Morgan fingerprint density at radius 3 is 1.00 bits per heavy atom. The number of hydrogen-bond donors (Lipinski definition) is 0. The molecule has 2 heterocycles. The van der Waals surface area contributed by atoms with Gasteiger partial charge in [0.05, 0.1) is 0 Å². The molecule has 162 valence electrons. The molecule has 7 rings (SSSR count). The van der Waals surface area contributed by atoms with Crippen LogP contribution in [0.5, 0.6) is 0 Å². The van der Waals surface area contributed by atoms with Crippen molar-refractivity contribution in [3.63, 3.8) is 0 Å². The normalized spacial score (nSPS) is 11.8. The van der Waals surface area contributed by atoms with E-state index in [1.807, 2.05) is 22.7 Å². The summed E-state index contributed by atoms with van der Waals surface area (Å²) >= 11 is 3.78. The summed E-state index contributed by atoms with van der Waals surface area (Å²) in [6, 6.07) is 36.2. The number of benzene rings is 5. The molecule has 0 radical (unpaired) electrons. The van der Waals surface area contributed by atoms with E-state index >= 15 is 0 Å². The standard InChI is InChI=1S/C32H22S2/c1-19-11-13-29(33-19)31-25-15-21-7-3-5-9-23(21)17-27(25)32(30-14-12-20(2)34-30)28-18-24-10-6-4-8-22(24)16-26(28)31/h3-18H,1-2H3. The first kappa shape index (κ1) is 20.0. The monoisotopic (exact) mass is 470 g/mol. The van der Waals surface area contributed by atoms with Gasteiger partial charge in [-0.25, -0.2) is 0 Å². The second-order valence-electron chi connectivity index (χ2n) is 9.06. The highest BCUT2D eigenvalue weighted by Crippen LogP contribution is 2.48. The second-order valence-corrected chi connectivity index (χ2v) is 11.6. The van der Waals surface area contributed by atoms with Crippen molar-refractivity contribution in [3.05, 3.63) is 107 Å². The summed E-state index contributed by atoms with van der Waals surface area (Å²) < 4.78 is 0. The minimum absolute atomic E-state index is 1.29. The molecule has 0 spiro atoms. The Bertz CT molecular complexity index is 1650. The first-order chi connectivity index (χ1) is 16.7. The van der Waals surface area contributed by atoms with Gasteiger partial charge in [-0.15, -0.1) is 22.7 Å². The summed E-state index contributed by atoms with van der Waals surface area (Å²) in [5, 5.41) is 10.5. The van der Waals surface area contributed by atoms with Gasteiger partial charge in [-0.05, 0) is 105 Å². The smallest absolute Gasteiger partial charge is 0.0358 e. The number of thiophene rings is 2. The fourth-order valence-corrected chi connectivity index (χ4v) is 7.15. The van der Waals surface area contributed by atoms with Gasteiger partial charge >= 0.3 is 0 Å². The van der Waals surface area contributed by atoms with Crippen LogP contribution < -0.4 is 0 Å². The van der Waals surface area contributed by atoms with E-state index in [0.29, 0.717) is 0 Å². The fourth-order valence-electron chi connectivity index (χ4n) is 5.27. The van der Waals surface area contributed by atoms with Gasteiger partial charge in [-0.3, -0.25) is 0 Å². The largest absolute Gasteiger partial charge is 0.141 e. The van der Waals surface area contributed by atoms with Gasteiger partial charge in [-0.1, -0.05) is 48.5 Å².